The molecule has 140 valence electrons. The molecule has 1 aliphatic carbocycles. The summed E-state index contributed by atoms with van der Waals surface area (Å²) in [7, 11) is 0. The normalized spacial score (nSPS) is 19.9. The maximum absolute atomic E-state index is 12.1. The summed E-state index contributed by atoms with van der Waals surface area (Å²) in [4.78, 5) is 24.2. The van der Waals surface area contributed by atoms with Crippen LogP contribution >= 0.6 is 0 Å². The van der Waals surface area contributed by atoms with Gasteiger partial charge in [0.05, 0.1) is 5.60 Å². The zero-order valence-corrected chi connectivity index (χ0v) is 14.7. The van der Waals surface area contributed by atoms with Gasteiger partial charge in [-0.15, -0.1) is 0 Å². The number of hydrogen-bond acceptors (Lipinski definition) is 5. The van der Waals surface area contributed by atoms with Gasteiger partial charge in [-0.3, -0.25) is 9.59 Å². The molecule has 0 saturated carbocycles. The molecule has 1 atom stereocenters. The monoisotopic (exact) mass is 368 g/mol. The first-order chi connectivity index (χ1) is 13.0. The van der Waals surface area contributed by atoms with Gasteiger partial charge in [0.15, 0.2) is 11.5 Å². The van der Waals surface area contributed by atoms with Gasteiger partial charge in [0.1, 0.15) is 0 Å². The largest absolute Gasteiger partial charge is 0.454 e. The molecule has 0 saturated heterocycles. The molecule has 4 rings (SSSR count). The van der Waals surface area contributed by atoms with Crippen molar-refractivity contribution in [2.45, 2.75) is 24.9 Å². The lowest BCUT2D eigenvalue weighted by Gasteiger charge is -2.33. The summed E-state index contributed by atoms with van der Waals surface area (Å²) in [6.07, 6.45) is 1.73. The van der Waals surface area contributed by atoms with Crippen molar-refractivity contribution < 1.29 is 24.2 Å². The smallest absolute Gasteiger partial charge is 0.313 e. The number of amides is 2. The molecule has 2 aromatic carbocycles. The van der Waals surface area contributed by atoms with Crippen LogP contribution in [-0.4, -0.2) is 35.9 Å². The van der Waals surface area contributed by atoms with Crippen molar-refractivity contribution >= 4 is 17.5 Å². The van der Waals surface area contributed by atoms with Gasteiger partial charge in [0, 0.05) is 24.7 Å². The van der Waals surface area contributed by atoms with E-state index in [2.05, 4.69) is 10.6 Å². The molecule has 7 heteroatoms. The highest BCUT2D eigenvalue weighted by atomic mass is 16.7. The number of aliphatic hydroxyl groups is 1. The first-order valence-corrected chi connectivity index (χ1v) is 8.80. The number of carbonyl (C=O) groups is 2. The molecule has 1 aliphatic heterocycles. The van der Waals surface area contributed by atoms with Crippen molar-refractivity contribution in [3.63, 3.8) is 0 Å². The third-order valence-corrected chi connectivity index (χ3v) is 4.91. The van der Waals surface area contributed by atoms with E-state index in [4.69, 9.17) is 9.47 Å². The highest BCUT2D eigenvalue weighted by Crippen LogP contribution is 2.34. The molecule has 0 fully saturated rings. The molecule has 3 N–H and O–H groups in total. The molecule has 2 amide bonds. The molecule has 0 bridgehead atoms. The summed E-state index contributed by atoms with van der Waals surface area (Å²) < 4.78 is 10.4. The number of rotatable bonds is 3. The summed E-state index contributed by atoms with van der Waals surface area (Å²) in [5.41, 5.74) is 1.67. The van der Waals surface area contributed by atoms with Gasteiger partial charge in [0.2, 0.25) is 6.79 Å². The van der Waals surface area contributed by atoms with E-state index in [1.807, 2.05) is 24.3 Å². The number of benzene rings is 2. The zero-order chi connectivity index (χ0) is 18.9. The SMILES string of the molecule is O=C(NCC1(O)CCc2ccccc2C1)C(=O)Nc1ccc2c(c1)OCO2. The summed E-state index contributed by atoms with van der Waals surface area (Å²) in [5, 5.41) is 15.8. The van der Waals surface area contributed by atoms with Crippen LogP contribution in [0, 0.1) is 0 Å². The van der Waals surface area contributed by atoms with Crippen LogP contribution in [0.4, 0.5) is 5.69 Å². The van der Waals surface area contributed by atoms with Crippen LogP contribution in [0.3, 0.4) is 0 Å². The average Bonchev–Trinajstić information content (AvgIpc) is 3.14. The van der Waals surface area contributed by atoms with Crippen LogP contribution in [-0.2, 0) is 22.4 Å². The maximum Gasteiger partial charge on any atom is 0.313 e. The van der Waals surface area contributed by atoms with E-state index in [0.717, 1.165) is 12.0 Å². The van der Waals surface area contributed by atoms with Crippen LogP contribution in [0.25, 0.3) is 0 Å². The molecule has 0 aromatic heterocycles. The Bertz CT molecular complexity index is 898. The maximum atomic E-state index is 12.1. The minimum atomic E-state index is -1.05. The Labute approximate surface area is 156 Å². The Morgan fingerprint density at radius 3 is 2.67 bits per heavy atom. The predicted molar refractivity (Wildman–Crippen MR) is 97.6 cm³/mol. The molecule has 0 radical (unpaired) electrons. The molecule has 2 aromatic rings. The first-order valence-electron chi connectivity index (χ1n) is 8.80. The molecule has 7 nitrogen and oxygen atoms in total. The molecule has 0 spiro atoms. The Balaban J connectivity index is 1.33. The topological polar surface area (TPSA) is 96.9 Å². The third kappa shape index (κ3) is 3.73. The number of nitrogens with one attached hydrogen (secondary N) is 2. The highest BCUT2D eigenvalue weighted by Gasteiger charge is 2.33. The van der Waals surface area contributed by atoms with E-state index < -0.39 is 17.4 Å². The molecule has 1 heterocycles. The van der Waals surface area contributed by atoms with Gasteiger partial charge in [-0.25, -0.2) is 0 Å². The Hall–Kier alpha value is -3.06. The van der Waals surface area contributed by atoms with Gasteiger partial charge in [-0.05, 0) is 36.1 Å². The second-order valence-electron chi connectivity index (χ2n) is 6.87. The van der Waals surface area contributed by atoms with Crippen molar-refractivity contribution in [2.75, 3.05) is 18.7 Å². The number of anilines is 1. The van der Waals surface area contributed by atoms with Crippen molar-refractivity contribution in [1.82, 2.24) is 5.32 Å². The second-order valence-corrected chi connectivity index (χ2v) is 6.87. The van der Waals surface area contributed by atoms with Gasteiger partial charge < -0.3 is 25.2 Å². The quantitative estimate of drug-likeness (QED) is 0.712. The van der Waals surface area contributed by atoms with Crippen molar-refractivity contribution in [3.8, 4) is 11.5 Å². The van der Waals surface area contributed by atoms with Gasteiger partial charge in [0.25, 0.3) is 0 Å². The lowest BCUT2D eigenvalue weighted by atomic mass is 9.80. The summed E-state index contributed by atoms with van der Waals surface area (Å²) in [6, 6.07) is 12.8. The fraction of sp³-hybridized carbons (Fsp3) is 0.300. The molecule has 1 unspecified atom stereocenters. The second kappa shape index (κ2) is 6.92. The molecular formula is C20H20N2O5. The minimum Gasteiger partial charge on any atom is -0.454 e. The standard InChI is InChI=1S/C20H20N2O5/c23-18(19(24)22-15-5-6-16-17(9-15)27-12-26-16)21-11-20(25)8-7-13-3-1-2-4-14(13)10-20/h1-6,9,25H,7-8,10-12H2,(H,21,23)(H,22,24). The van der Waals surface area contributed by atoms with E-state index in [1.165, 1.54) is 5.56 Å². The summed E-state index contributed by atoms with van der Waals surface area (Å²) >= 11 is 0. The summed E-state index contributed by atoms with van der Waals surface area (Å²) in [6.45, 7) is 0.156. The fourth-order valence-corrected chi connectivity index (χ4v) is 3.42. The predicted octanol–water partition coefficient (Wildman–Crippen LogP) is 1.39. The Morgan fingerprint density at radius 1 is 1.04 bits per heavy atom. The van der Waals surface area contributed by atoms with Crippen molar-refractivity contribution in [2.24, 2.45) is 0 Å². The third-order valence-electron chi connectivity index (χ3n) is 4.91. The number of hydrogen-bond donors (Lipinski definition) is 3. The van der Waals surface area contributed by atoms with Crippen molar-refractivity contribution in [3.05, 3.63) is 53.6 Å². The van der Waals surface area contributed by atoms with Crippen LogP contribution in [0.15, 0.2) is 42.5 Å². The van der Waals surface area contributed by atoms with Gasteiger partial charge >= 0.3 is 11.8 Å². The van der Waals surface area contributed by atoms with Gasteiger partial charge in [-0.1, -0.05) is 24.3 Å². The highest BCUT2D eigenvalue weighted by molar-refractivity contribution is 6.39. The van der Waals surface area contributed by atoms with Gasteiger partial charge in [-0.2, -0.15) is 0 Å². The molecule has 2 aliphatic rings. The van der Waals surface area contributed by atoms with Crippen LogP contribution < -0.4 is 20.1 Å². The number of ether oxygens (including phenoxy) is 2. The first kappa shape index (κ1) is 17.4. The van der Waals surface area contributed by atoms with Crippen molar-refractivity contribution in [1.29, 1.82) is 0 Å². The van der Waals surface area contributed by atoms with E-state index >= 15 is 0 Å². The number of fused-ring (bicyclic) bond motifs is 2. The van der Waals surface area contributed by atoms with E-state index in [0.29, 0.717) is 30.0 Å². The molecular weight excluding hydrogens is 348 g/mol. The van der Waals surface area contributed by atoms with Crippen LogP contribution in [0.5, 0.6) is 11.5 Å². The lowest BCUT2D eigenvalue weighted by molar-refractivity contribution is -0.136. The van der Waals surface area contributed by atoms with E-state index in [1.54, 1.807) is 18.2 Å². The van der Waals surface area contributed by atoms with Crippen LogP contribution in [0.2, 0.25) is 0 Å². The number of aryl methyl sites for hydroxylation is 1. The summed E-state index contributed by atoms with van der Waals surface area (Å²) in [5.74, 6) is -0.478. The van der Waals surface area contributed by atoms with E-state index in [-0.39, 0.29) is 13.3 Å². The average molecular weight is 368 g/mol. The lowest BCUT2D eigenvalue weighted by Crippen LogP contribution is -2.49. The Kier molecular flexibility index (Phi) is 4.45. The Morgan fingerprint density at radius 2 is 1.81 bits per heavy atom. The number of carbonyl (C=O) groups excluding carboxylic acids is 2. The zero-order valence-electron chi connectivity index (χ0n) is 14.7. The minimum absolute atomic E-state index is 0.0225. The molecule has 27 heavy (non-hydrogen) atoms. The van der Waals surface area contributed by atoms with Crippen LogP contribution in [0.1, 0.15) is 17.5 Å². The fourth-order valence-electron chi connectivity index (χ4n) is 3.42. The van der Waals surface area contributed by atoms with E-state index in [9.17, 15) is 14.7 Å².